The first-order chi connectivity index (χ1) is 11.5. The Hall–Kier alpha value is -1.75. The summed E-state index contributed by atoms with van der Waals surface area (Å²) in [7, 11) is 1.60. The second-order valence-electron chi connectivity index (χ2n) is 6.95. The molecule has 2 N–H and O–H groups in total. The maximum Gasteiger partial charge on any atom is 0.251 e. The number of hydrogen-bond donors (Lipinski definition) is 2. The average molecular weight is 334 g/mol. The number of nitrogens with one attached hydrogen (secondary N) is 2. The van der Waals surface area contributed by atoms with Gasteiger partial charge in [0.05, 0.1) is 13.7 Å². The lowest BCUT2D eigenvalue weighted by Gasteiger charge is -2.30. The Morgan fingerprint density at radius 3 is 2.83 bits per heavy atom. The molecule has 1 heterocycles. The standard InChI is InChI=1S/C19H30N2O3/c1-13(2)8-10-24-17-6-5-15(11-18(17)23-4)19(22)21-16-7-9-20-12-14(16)3/h5-6,11,13-14,16,20H,7-10,12H2,1-4H3,(H,21,22). The number of amides is 1. The summed E-state index contributed by atoms with van der Waals surface area (Å²) in [4.78, 5) is 12.5. The van der Waals surface area contributed by atoms with Crippen LogP contribution in [-0.4, -0.2) is 38.8 Å². The summed E-state index contributed by atoms with van der Waals surface area (Å²) in [5, 5.41) is 6.48. The highest BCUT2D eigenvalue weighted by Crippen LogP contribution is 2.28. The SMILES string of the molecule is COc1cc(C(=O)NC2CCNCC2C)ccc1OCCC(C)C. The molecule has 2 rings (SSSR count). The molecule has 0 aliphatic carbocycles. The molecule has 2 unspecified atom stereocenters. The van der Waals surface area contributed by atoms with E-state index in [0.29, 0.717) is 35.5 Å². The maximum absolute atomic E-state index is 12.5. The van der Waals surface area contributed by atoms with Crippen molar-refractivity contribution >= 4 is 5.91 Å². The van der Waals surface area contributed by atoms with Crippen LogP contribution in [0.4, 0.5) is 0 Å². The van der Waals surface area contributed by atoms with E-state index >= 15 is 0 Å². The Labute approximate surface area is 145 Å². The average Bonchev–Trinajstić information content (AvgIpc) is 2.56. The van der Waals surface area contributed by atoms with Crippen LogP contribution in [0.3, 0.4) is 0 Å². The molecule has 0 saturated carbocycles. The van der Waals surface area contributed by atoms with Crippen LogP contribution in [0.1, 0.15) is 44.0 Å². The topological polar surface area (TPSA) is 59.6 Å². The fourth-order valence-corrected chi connectivity index (χ4v) is 2.81. The van der Waals surface area contributed by atoms with Crippen LogP contribution < -0.4 is 20.1 Å². The summed E-state index contributed by atoms with van der Waals surface area (Å²) >= 11 is 0. The summed E-state index contributed by atoms with van der Waals surface area (Å²) in [6, 6.07) is 5.59. The van der Waals surface area contributed by atoms with Crippen molar-refractivity contribution in [2.75, 3.05) is 26.8 Å². The molecule has 134 valence electrons. The summed E-state index contributed by atoms with van der Waals surface area (Å²) in [5.74, 6) is 2.26. The van der Waals surface area contributed by atoms with E-state index in [0.717, 1.165) is 25.9 Å². The second-order valence-corrected chi connectivity index (χ2v) is 6.95. The summed E-state index contributed by atoms with van der Waals surface area (Å²) in [6.07, 6.45) is 1.94. The molecule has 5 heteroatoms. The number of ether oxygens (including phenoxy) is 2. The lowest BCUT2D eigenvalue weighted by molar-refractivity contribution is 0.0914. The molecule has 0 spiro atoms. The van der Waals surface area contributed by atoms with Gasteiger partial charge in [0, 0.05) is 11.6 Å². The predicted molar refractivity (Wildman–Crippen MR) is 95.8 cm³/mol. The lowest BCUT2D eigenvalue weighted by Crippen LogP contribution is -2.48. The maximum atomic E-state index is 12.5. The zero-order valence-electron chi connectivity index (χ0n) is 15.2. The van der Waals surface area contributed by atoms with Crippen LogP contribution in [0, 0.1) is 11.8 Å². The Kier molecular flexibility index (Phi) is 6.91. The Balaban J connectivity index is 2.00. The first-order valence-corrected chi connectivity index (χ1v) is 8.83. The Morgan fingerprint density at radius 1 is 1.38 bits per heavy atom. The minimum atomic E-state index is -0.0548. The number of piperidine rings is 1. The van der Waals surface area contributed by atoms with Gasteiger partial charge in [-0.1, -0.05) is 20.8 Å². The van der Waals surface area contributed by atoms with E-state index in [1.54, 1.807) is 19.2 Å². The van der Waals surface area contributed by atoms with E-state index < -0.39 is 0 Å². The highest BCUT2D eigenvalue weighted by molar-refractivity contribution is 5.95. The molecule has 1 saturated heterocycles. The normalized spacial score (nSPS) is 20.7. The van der Waals surface area contributed by atoms with Crippen molar-refractivity contribution < 1.29 is 14.3 Å². The molecule has 24 heavy (non-hydrogen) atoms. The molecule has 1 fully saturated rings. The van der Waals surface area contributed by atoms with Crippen molar-refractivity contribution in [2.45, 2.75) is 39.7 Å². The van der Waals surface area contributed by atoms with E-state index in [1.807, 2.05) is 6.07 Å². The van der Waals surface area contributed by atoms with Gasteiger partial charge in [-0.05, 0) is 56.0 Å². The third-order valence-corrected chi connectivity index (χ3v) is 4.48. The quantitative estimate of drug-likeness (QED) is 0.805. The largest absolute Gasteiger partial charge is 0.493 e. The van der Waals surface area contributed by atoms with E-state index in [9.17, 15) is 4.79 Å². The van der Waals surface area contributed by atoms with E-state index in [2.05, 4.69) is 31.4 Å². The van der Waals surface area contributed by atoms with Gasteiger partial charge in [-0.15, -0.1) is 0 Å². The summed E-state index contributed by atoms with van der Waals surface area (Å²) in [6.45, 7) is 9.01. The van der Waals surface area contributed by atoms with Crippen molar-refractivity contribution in [1.29, 1.82) is 0 Å². The third-order valence-electron chi connectivity index (χ3n) is 4.48. The number of carbonyl (C=O) groups excluding carboxylic acids is 1. The number of benzene rings is 1. The third kappa shape index (κ3) is 5.13. The molecule has 5 nitrogen and oxygen atoms in total. The van der Waals surface area contributed by atoms with Crippen molar-refractivity contribution in [2.24, 2.45) is 11.8 Å². The summed E-state index contributed by atoms with van der Waals surface area (Å²) in [5.41, 5.74) is 0.605. The van der Waals surface area contributed by atoms with Gasteiger partial charge >= 0.3 is 0 Å². The molecule has 0 radical (unpaired) electrons. The van der Waals surface area contributed by atoms with Gasteiger partial charge in [0.15, 0.2) is 11.5 Å². The van der Waals surface area contributed by atoms with Crippen LogP contribution in [0.25, 0.3) is 0 Å². The molecular weight excluding hydrogens is 304 g/mol. The molecule has 1 aliphatic heterocycles. The molecule has 1 aromatic carbocycles. The first-order valence-electron chi connectivity index (χ1n) is 8.83. The van der Waals surface area contributed by atoms with Gasteiger partial charge < -0.3 is 20.1 Å². The smallest absolute Gasteiger partial charge is 0.251 e. The van der Waals surface area contributed by atoms with Gasteiger partial charge in [0.25, 0.3) is 5.91 Å². The van der Waals surface area contributed by atoms with Gasteiger partial charge in [0.2, 0.25) is 0 Å². The predicted octanol–water partition coefficient (Wildman–Crippen LogP) is 2.85. The highest BCUT2D eigenvalue weighted by atomic mass is 16.5. The molecule has 0 bridgehead atoms. The first kappa shape index (κ1) is 18.6. The molecule has 2 atom stereocenters. The van der Waals surface area contributed by atoms with Crippen LogP contribution in [0.5, 0.6) is 11.5 Å². The fourth-order valence-electron chi connectivity index (χ4n) is 2.81. The number of methoxy groups -OCH3 is 1. The molecule has 0 aromatic heterocycles. The van der Waals surface area contributed by atoms with Gasteiger partial charge in [-0.2, -0.15) is 0 Å². The Bertz CT molecular complexity index is 545. The molecular formula is C19H30N2O3. The minimum absolute atomic E-state index is 0.0548. The van der Waals surface area contributed by atoms with Crippen molar-refractivity contribution in [1.82, 2.24) is 10.6 Å². The van der Waals surface area contributed by atoms with Crippen molar-refractivity contribution in [3.63, 3.8) is 0 Å². The van der Waals surface area contributed by atoms with Crippen LogP contribution in [0.15, 0.2) is 18.2 Å². The second kappa shape index (κ2) is 8.92. The zero-order chi connectivity index (χ0) is 17.5. The number of rotatable bonds is 7. The van der Waals surface area contributed by atoms with Gasteiger partial charge in [0.1, 0.15) is 0 Å². The zero-order valence-corrected chi connectivity index (χ0v) is 15.2. The van der Waals surface area contributed by atoms with Crippen LogP contribution >= 0.6 is 0 Å². The lowest BCUT2D eigenvalue weighted by atomic mass is 9.95. The van der Waals surface area contributed by atoms with E-state index in [-0.39, 0.29) is 11.9 Å². The van der Waals surface area contributed by atoms with Gasteiger partial charge in [-0.25, -0.2) is 0 Å². The van der Waals surface area contributed by atoms with Crippen molar-refractivity contribution in [3.8, 4) is 11.5 Å². The molecule has 1 aromatic rings. The fraction of sp³-hybridized carbons (Fsp3) is 0.632. The summed E-state index contributed by atoms with van der Waals surface area (Å²) < 4.78 is 11.2. The minimum Gasteiger partial charge on any atom is -0.493 e. The Morgan fingerprint density at radius 2 is 2.17 bits per heavy atom. The molecule has 1 aliphatic rings. The highest BCUT2D eigenvalue weighted by Gasteiger charge is 2.23. The van der Waals surface area contributed by atoms with Crippen LogP contribution in [0.2, 0.25) is 0 Å². The number of carbonyl (C=O) groups is 1. The van der Waals surface area contributed by atoms with Gasteiger partial charge in [-0.3, -0.25) is 4.79 Å². The van der Waals surface area contributed by atoms with E-state index in [1.165, 1.54) is 0 Å². The monoisotopic (exact) mass is 334 g/mol. The van der Waals surface area contributed by atoms with Crippen molar-refractivity contribution in [3.05, 3.63) is 23.8 Å². The number of hydrogen-bond acceptors (Lipinski definition) is 4. The molecule has 1 amide bonds. The van der Waals surface area contributed by atoms with Crippen LogP contribution in [-0.2, 0) is 0 Å². The van der Waals surface area contributed by atoms with E-state index in [4.69, 9.17) is 9.47 Å².